The lowest BCUT2D eigenvalue weighted by atomic mass is 9.96. The molecule has 2 unspecified atom stereocenters. The lowest BCUT2D eigenvalue weighted by molar-refractivity contribution is -0.119. The lowest BCUT2D eigenvalue weighted by Gasteiger charge is -2.28. The van der Waals surface area contributed by atoms with Crippen molar-refractivity contribution in [1.82, 2.24) is 19.9 Å². The Morgan fingerprint density at radius 1 is 1.10 bits per heavy atom. The maximum absolute atomic E-state index is 12.1. The predicted molar refractivity (Wildman–Crippen MR) is 158 cm³/mol. The highest BCUT2D eigenvalue weighted by Gasteiger charge is 2.42. The summed E-state index contributed by atoms with van der Waals surface area (Å²) in [6.45, 7) is 6.19. The summed E-state index contributed by atoms with van der Waals surface area (Å²) in [5.74, 6) is 0.614. The van der Waals surface area contributed by atoms with E-state index in [2.05, 4.69) is 63.0 Å². The number of thiocarbonyl (C=S) groups is 1. The number of hydrogen-bond donors (Lipinski definition) is 2. The number of nitrogens with zero attached hydrogens (tertiary/aromatic N) is 4. The Morgan fingerprint density at radius 3 is 2.59 bits per heavy atom. The van der Waals surface area contributed by atoms with Crippen molar-refractivity contribution in [1.29, 1.82) is 0 Å². The Balaban J connectivity index is 1.62. The summed E-state index contributed by atoms with van der Waals surface area (Å²) in [7, 11) is 1.47. The molecule has 4 heterocycles. The van der Waals surface area contributed by atoms with Gasteiger partial charge >= 0.3 is 0 Å². The molecule has 5 rings (SSSR count). The molecule has 0 bridgehead atoms. The second-order valence-electron chi connectivity index (χ2n) is 9.45. The Hall–Kier alpha value is -3.79. The standard InChI is InChI=1S/C29H29ClN6O2S/c1-17-8-7-13-32-28(17)35-18(2)14-21(19(35)3)27-26(24-9-5-6-12-31-24)34-29(39)36(27)20-10-11-23(22(30)15-20)33-25(37)16-38-4/h5-15,26-27H,16H2,1-4H3,(H,33,37)(H,34,39). The average molecular weight is 561 g/mol. The quantitative estimate of drug-likeness (QED) is 0.284. The van der Waals surface area contributed by atoms with E-state index in [0.717, 1.165) is 39.7 Å². The average Bonchev–Trinajstić information content (AvgIpc) is 3.41. The van der Waals surface area contributed by atoms with E-state index >= 15 is 0 Å². The van der Waals surface area contributed by atoms with Gasteiger partial charge in [-0.05, 0) is 86.6 Å². The van der Waals surface area contributed by atoms with Crippen LogP contribution in [0.25, 0.3) is 5.82 Å². The van der Waals surface area contributed by atoms with Gasteiger partial charge in [-0.1, -0.05) is 23.7 Å². The van der Waals surface area contributed by atoms with Gasteiger partial charge in [-0.25, -0.2) is 4.98 Å². The third kappa shape index (κ3) is 5.13. The number of carbonyl (C=O) groups excluding carboxylic acids is 1. The first-order valence-corrected chi connectivity index (χ1v) is 13.3. The van der Waals surface area contributed by atoms with Gasteiger partial charge in [0.2, 0.25) is 5.91 Å². The maximum Gasteiger partial charge on any atom is 0.250 e. The molecule has 1 aliphatic heterocycles. The molecule has 4 aromatic rings. The fourth-order valence-electron chi connectivity index (χ4n) is 5.15. The first kappa shape index (κ1) is 26.8. The highest BCUT2D eigenvalue weighted by molar-refractivity contribution is 7.80. The third-order valence-corrected chi connectivity index (χ3v) is 7.49. The van der Waals surface area contributed by atoms with Crippen molar-refractivity contribution in [3.63, 3.8) is 0 Å². The summed E-state index contributed by atoms with van der Waals surface area (Å²) >= 11 is 12.5. The fraction of sp³-hybridized carbons (Fsp3) is 0.241. The number of ether oxygens (including phenoxy) is 1. The Kier molecular flexibility index (Phi) is 7.65. The zero-order chi connectivity index (χ0) is 27.7. The minimum Gasteiger partial charge on any atom is -0.375 e. The second kappa shape index (κ2) is 11.1. The molecule has 10 heteroatoms. The van der Waals surface area contributed by atoms with E-state index in [9.17, 15) is 4.79 Å². The molecule has 2 atom stereocenters. The lowest BCUT2D eigenvalue weighted by Crippen LogP contribution is -2.29. The number of aryl methyl sites for hydroxylation is 2. The smallest absolute Gasteiger partial charge is 0.250 e. The highest BCUT2D eigenvalue weighted by atomic mass is 35.5. The molecule has 1 fully saturated rings. The van der Waals surface area contributed by atoms with E-state index in [-0.39, 0.29) is 24.6 Å². The molecule has 39 heavy (non-hydrogen) atoms. The molecule has 1 aliphatic rings. The van der Waals surface area contributed by atoms with Crippen LogP contribution in [0.3, 0.4) is 0 Å². The van der Waals surface area contributed by atoms with Gasteiger partial charge in [-0.3, -0.25) is 9.78 Å². The summed E-state index contributed by atoms with van der Waals surface area (Å²) in [6, 6.07) is 17.1. The van der Waals surface area contributed by atoms with Crippen molar-refractivity contribution in [2.24, 2.45) is 0 Å². The number of methoxy groups -OCH3 is 1. The zero-order valence-electron chi connectivity index (χ0n) is 22.1. The maximum atomic E-state index is 12.1. The molecule has 1 aromatic carbocycles. The highest BCUT2D eigenvalue weighted by Crippen LogP contribution is 2.44. The van der Waals surface area contributed by atoms with Gasteiger partial charge in [0.05, 0.1) is 28.5 Å². The number of carbonyl (C=O) groups is 1. The van der Waals surface area contributed by atoms with Crippen molar-refractivity contribution < 1.29 is 9.53 Å². The van der Waals surface area contributed by atoms with E-state index in [4.69, 9.17) is 28.6 Å². The summed E-state index contributed by atoms with van der Waals surface area (Å²) < 4.78 is 7.09. The Bertz CT molecular complexity index is 1540. The van der Waals surface area contributed by atoms with Gasteiger partial charge in [0.25, 0.3) is 0 Å². The van der Waals surface area contributed by atoms with Crippen LogP contribution >= 0.6 is 23.8 Å². The first-order chi connectivity index (χ1) is 18.8. The largest absolute Gasteiger partial charge is 0.375 e. The molecule has 3 aromatic heterocycles. The number of aromatic nitrogens is 3. The molecule has 8 nitrogen and oxygen atoms in total. The number of hydrogen-bond acceptors (Lipinski definition) is 5. The van der Waals surface area contributed by atoms with Crippen molar-refractivity contribution in [3.05, 3.63) is 100 Å². The minimum atomic E-state index is -0.282. The van der Waals surface area contributed by atoms with Crippen molar-refractivity contribution in [2.75, 3.05) is 23.9 Å². The number of benzene rings is 1. The topological polar surface area (TPSA) is 84.3 Å². The third-order valence-electron chi connectivity index (χ3n) is 6.86. The molecule has 0 saturated carbocycles. The number of nitrogens with one attached hydrogen (secondary N) is 2. The molecule has 0 radical (unpaired) electrons. The summed E-state index contributed by atoms with van der Waals surface area (Å²) in [6.07, 6.45) is 3.60. The molecule has 1 saturated heterocycles. The number of pyridine rings is 2. The van der Waals surface area contributed by atoms with Crippen LogP contribution in [-0.4, -0.2) is 39.3 Å². The van der Waals surface area contributed by atoms with Gasteiger partial charge in [0, 0.05) is 36.6 Å². The van der Waals surface area contributed by atoms with Gasteiger partial charge in [-0.2, -0.15) is 0 Å². The van der Waals surface area contributed by atoms with E-state index in [0.29, 0.717) is 15.8 Å². The molecule has 0 aliphatic carbocycles. The molecular formula is C29H29ClN6O2S. The van der Waals surface area contributed by atoms with E-state index in [1.807, 2.05) is 42.6 Å². The number of rotatable bonds is 7. The summed E-state index contributed by atoms with van der Waals surface area (Å²) in [4.78, 5) is 23.5. The van der Waals surface area contributed by atoms with Gasteiger partial charge in [-0.15, -0.1) is 0 Å². The number of halogens is 1. The molecule has 1 amide bonds. The van der Waals surface area contributed by atoms with Gasteiger partial charge in [0.1, 0.15) is 12.4 Å². The second-order valence-corrected chi connectivity index (χ2v) is 10.2. The van der Waals surface area contributed by atoms with E-state index in [1.165, 1.54) is 7.11 Å². The van der Waals surface area contributed by atoms with Crippen LogP contribution in [0.15, 0.2) is 67.0 Å². The summed E-state index contributed by atoms with van der Waals surface area (Å²) in [5, 5.41) is 7.23. The fourth-order valence-corrected chi connectivity index (χ4v) is 5.71. The summed E-state index contributed by atoms with van der Waals surface area (Å²) in [5.41, 5.74) is 6.48. The van der Waals surface area contributed by atoms with Crippen LogP contribution in [0.4, 0.5) is 11.4 Å². The molecule has 0 spiro atoms. The van der Waals surface area contributed by atoms with Crippen LogP contribution in [0, 0.1) is 20.8 Å². The van der Waals surface area contributed by atoms with E-state index < -0.39 is 0 Å². The number of anilines is 2. The molecular weight excluding hydrogens is 532 g/mol. The Morgan fingerprint density at radius 2 is 1.90 bits per heavy atom. The van der Waals surface area contributed by atoms with E-state index in [1.54, 1.807) is 12.3 Å². The minimum absolute atomic E-state index is 0.0581. The van der Waals surface area contributed by atoms with Crippen LogP contribution in [-0.2, 0) is 9.53 Å². The normalized spacial score (nSPS) is 16.8. The van der Waals surface area contributed by atoms with Crippen molar-refractivity contribution in [3.8, 4) is 5.82 Å². The van der Waals surface area contributed by atoms with Crippen molar-refractivity contribution >= 4 is 46.2 Å². The molecule has 200 valence electrons. The zero-order valence-corrected chi connectivity index (χ0v) is 23.7. The SMILES string of the molecule is COCC(=O)Nc1ccc(N2C(=S)NC(c3ccccn3)C2c2cc(C)n(-c3ncccc3C)c2C)cc1Cl. The predicted octanol–water partition coefficient (Wildman–Crippen LogP) is 5.61. The van der Waals surface area contributed by atoms with Crippen molar-refractivity contribution in [2.45, 2.75) is 32.9 Å². The number of amides is 1. The van der Waals surface area contributed by atoms with Gasteiger partial charge in [0.15, 0.2) is 5.11 Å². The Labute approximate surface area is 238 Å². The van der Waals surface area contributed by atoms with Crippen LogP contribution in [0.2, 0.25) is 5.02 Å². The van der Waals surface area contributed by atoms with Crippen LogP contribution in [0.5, 0.6) is 0 Å². The van der Waals surface area contributed by atoms with Crippen LogP contribution in [0.1, 0.15) is 40.3 Å². The molecule has 2 N–H and O–H groups in total. The van der Waals surface area contributed by atoms with Gasteiger partial charge < -0.3 is 24.8 Å². The first-order valence-electron chi connectivity index (χ1n) is 12.5. The van der Waals surface area contributed by atoms with Crippen LogP contribution < -0.4 is 15.5 Å². The monoisotopic (exact) mass is 560 g/mol.